The molecule has 0 aliphatic heterocycles. The number of aromatic amines is 2. The first-order valence-electron chi connectivity index (χ1n) is 11.7. The van der Waals surface area contributed by atoms with Gasteiger partial charge in [0.15, 0.2) is 5.82 Å². The van der Waals surface area contributed by atoms with Gasteiger partial charge in [-0.15, -0.1) is 0 Å². The normalized spacial score (nSPS) is 11.5. The molecule has 6 aromatic rings. The summed E-state index contributed by atoms with van der Waals surface area (Å²) in [6, 6.07) is 10.1. The summed E-state index contributed by atoms with van der Waals surface area (Å²) >= 11 is 0. The van der Waals surface area contributed by atoms with Gasteiger partial charge in [0.25, 0.3) is 0 Å². The number of anilines is 1. The van der Waals surface area contributed by atoms with E-state index in [0.29, 0.717) is 45.1 Å². The van der Waals surface area contributed by atoms with Gasteiger partial charge in [0, 0.05) is 34.8 Å². The number of aromatic nitrogens is 7. The first-order chi connectivity index (χ1) is 18.0. The predicted molar refractivity (Wildman–Crippen MR) is 139 cm³/mol. The zero-order valence-electron chi connectivity index (χ0n) is 20.0. The molecule has 0 unspecified atom stereocenters. The molecular formula is C27H21FN8O. The number of rotatable bonds is 5. The van der Waals surface area contributed by atoms with Gasteiger partial charge in [-0.1, -0.05) is 26.0 Å². The van der Waals surface area contributed by atoms with Gasteiger partial charge in [-0.05, 0) is 29.8 Å². The summed E-state index contributed by atoms with van der Waals surface area (Å²) in [5.41, 5.74) is 6.13. The molecule has 1 amide bonds. The molecule has 0 aliphatic carbocycles. The van der Waals surface area contributed by atoms with Gasteiger partial charge < -0.3 is 10.3 Å². The number of amides is 1. The Morgan fingerprint density at radius 3 is 2.68 bits per heavy atom. The van der Waals surface area contributed by atoms with Crippen molar-refractivity contribution in [2.45, 2.75) is 13.8 Å². The van der Waals surface area contributed by atoms with Gasteiger partial charge in [0.1, 0.15) is 11.5 Å². The summed E-state index contributed by atoms with van der Waals surface area (Å²) in [5.74, 6) is -0.0189. The molecule has 0 aliphatic rings. The van der Waals surface area contributed by atoms with Crippen LogP contribution in [0.5, 0.6) is 0 Å². The number of halogens is 1. The van der Waals surface area contributed by atoms with Crippen LogP contribution >= 0.6 is 0 Å². The number of benzene rings is 1. The third kappa shape index (κ3) is 4.18. The van der Waals surface area contributed by atoms with Crippen LogP contribution in [0, 0.1) is 11.7 Å². The van der Waals surface area contributed by atoms with E-state index in [9.17, 15) is 9.18 Å². The van der Waals surface area contributed by atoms with Crippen LogP contribution in [0.25, 0.3) is 55.8 Å². The first-order valence-corrected chi connectivity index (χ1v) is 11.7. The van der Waals surface area contributed by atoms with Crippen LogP contribution in [-0.2, 0) is 4.79 Å². The molecule has 1 aromatic carbocycles. The lowest BCUT2D eigenvalue weighted by atomic mass is 10.1. The van der Waals surface area contributed by atoms with Crippen molar-refractivity contribution in [2.24, 2.45) is 5.92 Å². The smallest absolute Gasteiger partial charge is 0.226 e. The van der Waals surface area contributed by atoms with E-state index in [2.05, 4.69) is 35.5 Å². The average molecular weight is 493 g/mol. The highest BCUT2D eigenvalue weighted by Crippen LogP contribution is 2.32. The second kappa shape index (κ2) is 8.90. The Kier molecular flexibility index (Phi) is 5.41. The van der Waals surface area contributed by atoms with Crippen molar-refractivity contribution in [3.05, 3.63) is 73.2 Å². The highest BCUT2D eigenvalue weighted by atomic mass is 19.1. The van der Waals surface area contributed by atoms with Crippen molar-refractivity contribution in [3.8, 4) is 33.9 Å². The maximum atomic E-state index is 13.9. The summed E-state index contributed by atoms with van der Waals surface area (Å²) < 4.78 is 13.9. The Hall–Kier alpha value is -4.99. The molecule has 0 saturated carbocycles. The van der Waals surface area contributed by atoms with E-state index in [1.165, 1.54) is 12.1 Å². The lowest BCUT2D eigenvalue weighted by Crippen LogP contribution is -2.17. The quantitative estimate of drug-likeness (QED) is 0.298. The Balaban J connectivity index is 1.41. The molecule has 5 aromatic heterocycles. The van der Waals surface area contributed by atoms with Crippen LogP contribution in [0.3, 0.4) is 0 Å². The molecule has 0 radical (unpaired) electrons. The topological polar surface area (TPSA) is 125 Å². The number of nitrogens with zero attached hydrogens (tertiary/aromatic N) is 5. The highest BCUT2D eigenvalue weighted by Gasteiger charge is 2.17. The molecule has 0 atom stereocenters. The van der Waals surface area contributed by atoms with Crippen LogP contribution in [-0.4, -0.2) is 41.0 Å². The van der Waals surface area contributed by atoms with Crippen LogP contribution in [0.15, 0.2) is 67.4 Å². The minimum Gasteiger partial charge on any atom is -0.335 e. The molecule has 5 heterocycles. The second-order valence-electron chi connectivity index (χ2n) is 8.97. The highest BCUT2D eigenvalue weighted by molar-refractivity contribution is 5.97. The average Bonchev–Trinajstić information content (AvgIpc) is 3.52. The molecule has 10 heteroatoms. The van der Waals surface area contributed by atoms with E-state index >= 15 is 0 Å². The van der Waals surface area contributed by atoms with Gasteiger partial charge in [-0.25, -0.2) is 9.37 Å². The maximum Gasteiger partial charge on any atom is 0.226 e. The number of H-pyrrole nitrogens is 2. The third-order valence-electron chi connectivity index (χ3n) is 6.03. The van der Waals surface area contributed by atoms with Gasteiger partial charge >= 0.3 is 0 Å². The number of pyridine rings is 3. The monoisotopic (exact) mass is 492 g/mol. The fourth-order valence-electron chi connectivity index (χ4n) is 4.10. The number of fused-ring (bicyclic) bond motifs is 2. The first kappa shape index (κ1) is 22.5. The second-order valence-corrected chi connectivity index (χ2v) is 8.97. The zero-order chi connectivity index (χ0) is 25.5. The number of hydrogen-bond donors (Lipinski definition) is 3. The molecule has 6 rings (SSSR count). The summed E-state index contributed by atoms with van der Waals surface area (Å²) in [6.07, 6.45) is 8.34. The Morgan fingerprint density at radius 1 is 0.973 bits per heavy atom. The molecule has 0 fully saturated rings. The Labute approximate surface area is 210 Å². The predicted octanol–water partition coefficient (Wildman–Crippen LogP) is 5.36. The number of nitrogens with one attached hydrogen (secondary N) is 3. The fourth-order valence-corrected chi connectivity index (χ4v) is 4.10. The number of carbonyl (C=O) groups is 1. The van der Waals surface area contributed by atoms with Crippen molar-refractivity contribution in [1.82, 2.24) is 35.1 Å². The van der Waals surface area contributed by atoms with Crippen LogP contribution in [0.2, 0.25) is 0 Å². The SMILES string of the molecule is CC(C)C(=O)Nc1cncc(-c2cc3c(-c4nc5c(-c6cccc(F)c6)cncc5[nH]4)n[nH]c3cn2)c1. The molecule has 0 bridgehead atoms. The van der Waals surface area contributed by atoms with E-state index in [4.69, 9.17) is 4.98 Å². The molecule has 3 N–H and O–H groups in total. The minimum atomic E-state index is -0.328. The van der Waals surface area contributed by atoms with E-state index in [0.717, 1.165) is 16.5 Å². The molecule has 37 heavy (non-hydrogen) atoms. The lowest BCUT2D eigenvalue weighted by Gasteiger charge is -2.08. The zero-order valence-corrected chi connectivity index (χ0v) is 20.0. The van der Waals surface area contributed by atoms with Crippen molar-refractivity contribution in [2.75, 3.05) is 5.32 Å². The molecule has 9 nitrogen and oxygen atoms in total. The fraction of sp³-hybridized carbons (Fsp3) is 0.111. The van der Waals surface area contributed by atoms with Gasteiger partial charge in [0.2, 0.25) is 5.91 Å². The van der Waals surface area contributed by atoms with Gasteiger partial charge in [-0.2, -0.15) is 5.10 Å². The number of imidazole rings is 1. The summed E-state index contributed by atoms with van der Waals surface area (Å²) in [7, 11) is 0. The Bertz CT molecular complexity index is 1790. The van der Waals surface area contributed by atoms with Crippen LogP contribution in [0.4, 0.5) is 10.1 Å². The summed E-state index contributed by atoms with van der Waals surface area (Å²) in [6.45, 7) is 3.66. The van der Waals surface area contributed by atoms with E-state index in [1.54, 1.807) is 37.1 Å². The Morgan fingerprint density at radius 2 is 1.84 bits per heavy atom. The number of carbonyl (C=O) groups excluding carboxylic acids is 1. The standard InChI is InChI=1S/C27H21FN8O/c1-14(2)27(37)32-18-7-16(9-29-10-18)21-8-19-22(13-31-21)35-36-25(19)26-33-23-12-30-11-20(24(23)34-26)15-4-3-5-17(28)6-15/h3-14H,1-2H3,(H,32,37)(H,33,34)(H,35,36). The van der Waals surface area contributed by atoms with Crippen molar-refractivity contribution in [1.29, 1.82) is 0 Å². The largest absolute Gasteiger partial charge is 0.335 e. The molecule has 182 valence electrons. The molecular weight excluding hydrogens is 471 g/mol. The van der Waals surface area contributed by atoms with E-state index in [1.807, 2.05) is 32.0 Å². The molecule has 0 saturated heterocycles. The maximum absolute atomic E-state index is 13.9. The third-order valence-corrected chi connectivity index (χ3v) is 6.03. The van der Waals surface area contributed by atoms with Gasteiger partial charge in [0.05, 0.1) is 46.5 Å². The lowest BCUT2D eigenvalue weighted by molar-refractivity contribution is -0.118. The van der Waals surface area contributed by atoms with E-state index < -0.39 is 0 Å². The van der Waals surface area contributed by atoms with Crippen molar-refractivity contribution >= 4 is 33.5 Å². The minimum absolute atomic E-state index is 0.0866. The molecule has 0 spiro atoms. The van der Waals surface area contributed by atoms with E-state index in [-0.39, 0.29) is 17.6 Å². The van der Waals surface area contributed by atoms with Crippen LogP contribution in [0.1, 0.15) is 13.8 Å². The summed E-state index contributed by atoms with van der Waals surface area (Å²) in [5, 5.41) is 11.2. The van der Waals surface area contributed by atoms with Gasteiger partial charge in [-0.3, -0.25) is 24.8 Å². The van der Waals surface area contributed by atoms with Crippen molar-refractivity contribution in [3.63, 3.8) is 0 Å². The summed E-state index contributed by atoms with van der Waals surface area (Å²) in [4.78, 5) is 33.3. The number of hydrogen-bond acceptors (Lipinski definition) is 6. The van der Waals surface area contributed by atoms with Crippen LogP contribution < -0.4 is 5.32 Å². The van der Waals surface area contributed by atoms with Crippen molar-refractivity contribution < 1.29 is 9.18 Å².